The molecular weight excluding hydrogens is 458 g/mol. The Morgan fingerprint density at radius 1 is 1.38 bits per heavy atom. The highest BCUT2D eigenvalue weighted by molar-refractivity contribution is 9.11. The molecule has 142 valence electrons. The molecule has 0 aromatic carbocycles. The predicted octanol–water partition coefficient (Wildman–Crippen LogP) is 4.06. The highest BCUT2D eigenvalue weighted by Gasteiger charge is 2.40. The number of nitrogens with one attached hydrogen (secondary N) is 1. The van der Waals surface area contributed by atoms with Gasteiger partial charge in [-0.2, -0.15) is 4.31 Å². The third kappa shape index (κ3) is 4.04. The van der Waals surface area contributed by atoms with Crippen molar-refractivity contribution in [3.05, 3.63) is 27.0 Å². The van der Waals surface area contributed by atoms with Crippen LogP contribution in [0.15, 0.2) is 25.5 Å². The summed E-state index contributed by atoms with van der Waals surface area (Å²) in [7, 11) is -3.68. The second-order valence-corrected chi connectivity index (χ2v) is 12.5. The van der Waals surface area contributed by atoms with E-state index in [4.69, 9.17) is 0 Å². The number of nitrogens with zero attached hydrogens (tertiary/aromatic N) is 2. The topological polar surface area (TPSA) is 79.4 Å². The van der Waals surface area contributed by atoms with Crippen LogP contribution in [0.1, 0.15) is 39.3 Å². The van der Waals surface area contributed by atoms with Crippen molar-refractivity contribution in [1.82, 2.24) is 9.29 Å². The zero-order valence-electron chi connectivity index (χ0n) is 14.7. The van der Waals surface area contributed by atoms with Crippen LogP contribution in [0.2, 0.25) is 0 Å². The van der Waals surface area contributed by atoms with Crippen molar-refractivity contribution in [2.75, 3.05) is 11.9 Å². The van der Waals surface area contributed by atoms with Gasteiger partial charge in [0.1, 0.15) is 10.3 Å². The maximum Gasteiger partial charge on any atom is 0.253 e. The van der Waals surface area contributed by atoms with Crippen LogP contribution < -0.4 is 5.32 Å². The number of halogens is 1. The average Bonchev–Trinajstić information content (AvgIpc) is 3.25. The molecule has 0 spiro atoms. The van der Waals surface area contributed by atoms with Crippen LogP contribution >= 0.6 is 38.6 Å². The first-order chi connectivity index (χ1) is 12.1. The number of thiazole rings is 1. The summed E-state index contributed by atoms with van der Waals surface area (Å²) in [4.78, 5) is 17.2. The zero-order valence-corrected chi connectivity index (χ0v) is 18.7. The van der Waals surface area contributed by atoms with Gasteiger partial charge in [0.05, 0.1) is 9.48 Å². The van der Waals surface area contributed by atoms with Gasteiger partial charge in [-0.1, -0.05) is 20.8 Å². The molecular formula is C16H20BrN3O3S3. The number of rotatable bonds is 4. The molecule has 3 heterocycles. The maximum atomic E-state index is 12.9. The lowest BCUT2D eigenvalue weighted by Crippen LogP contribution is -2.42. The van der Waals surface area contributed by atoms with Gasteiger partial charge in [-0.15, -0.1) is 22.7 Å². The van der Waals surface area contributed by atoms with Gasteiger partial charge in [0.2, 0.25) is 5.91 Å². The average molecular weight is 478 g/mol. The molecule has 1 amide bonds. The van der Waals surface area contributed by atoms with Gasteiger partial charge in [0, 0.05) is 17.3 Å². The molecule has 0 radical (unpaired) electrons. The summed E-state index contributed by atoms with van der Waals surface area (Å²) in [5.41, 5.74) is 0.798. The van der Waals surface area contributed by atoms with E-state index >= 15 is 0 Å². The van der Waals surface area contributed by atoms with Crippen LogP contribution in [0.4, 0.5) is 5.13 Å². The Bertz CT molecular complexity index is 915. The lowest BCUT2D eigenvalue weighted by molar-refractivity contribution is -0.119. The fraction of sp³-hybridized carbons (Fsp3) is 0.500. The molecule has 1 aliphatic heterocycles. The number of amides is 1. The lowest BCUT2D eigenvalue weighted by Gasteiger charge is -2.22. The first kappa shape index (κ1) is 19.9. The van der Waals surface area contributed by atoms with Crippen molar-refractivity contribution >= 4 is 59.7 Å². The van der Waals surface area contributed by atoms with E-state index in [1.807, 2.05) is 5.38 Å². The van der Waals surface area contributed by atoms with E-state index in [0.29, 0.717) is 24.5 Å². The molecule has 0 aliphatic carbocycles. The number of hydrogen-bond donors (Lipinski definition) is 1. The molecule has 1 atom stereocenters. The van der Waals surface area contributed by atoms with Crippen LogP contribution in [-0.4, -0.2) is 36.2 Å². The second-order valence-electron chi connectivity index (χ2n) is 7.11. The Kier molecular flexibility index (Phi) is 5.60. The predicted molar refractivity (Wildman–Crippen MR) is 108 cm³/mol. The quantitative estimate of drug-likeness (QED) is 0.719. The number of carbonyl (C=O) groups is 1. The highest BCUT2D eigenvalue weighted by atomic mass is 79.9. The summed E-state index contributed by atoms with van der Waals surface area (Å²) in [5.74, 6) is -0.323. The molecule has 1 unspecified atom stereocenters. The molecule has 1 N–H and O–H groups in total. The van der Waals surface area contributed by atoms with Crippen molar-refractivity contribution in [2.45, 2.75) is 49.3 Å². The van der Waals surface area contributed by atoms with E-state index in [9.17, 15) is 13.2 Å². The maximum absolute atomic E-state index is 12.9. The Balaban J connectivity index is 1.77. The Morgan fingerprint density at radius 2 is 2.12 bits per heavy atom. The molecule has 0 saturated carbocycles. The van der Waals surface area contributed by atoms with Crippen molar-refractivity contribution in [2.24, 2.45) is 0 Å². The SMILES string of the molecule is CC(C)(C)c1csc(NC(=O)C2CCCN2S(=O)(=O)c2ccc(Br)s2)n1. The molecule has 1 aliphatic rings. The van der Waals surface area contributed by atoms with Crippen LogP contribution in [0.3, 0.4) is 0 Å². The number of thiophene rings is 1. The summed E-state index contributed by atoms with van der Waals surface area (Å²) in [5, 5.41) is 5.21. The number of sulfonamides is 1. The minimum atomic E-state index is -3.68. The summed E-state index contributed by atoms with van der Waals surface area (Å²) in [6.45, 7) is 6.51. The van der Waals surface area contributed by atoms with Crippen LogP contribution in [0, 0.1) is 0 Å². The zero-order chi connectivity index (χ0) is 19.1. The molecule has 26 heavy (non-hydrogen) atoms. The number of aromatic nitrogens is 1. The van der Waals surface area contributed by atoms with Crippen molar-refractivity contribution in [3.8, 4) is 0 Å². The van der Waals surface area contributed by atoms with E-state index in [2.05, 4.69) is 47.0 Å². The first-order valence-electron chi connectivity index (χ1n) is 8.13. The van der Waals surface area contributed by atoms with Crippen molar-refractivity contribution in [1.29, 1.82) is 0 Å². The molecule has 6 nitrogen and oxygen atoms in total. The Hall–Kier alpha value is -0.810. The fourth-order valence-electron chi connectivity index (χ4n) is 2.71. The van der Waals surface area contributed by atoms with Gasteiger partial charge >= 0.3 is 0 Å². The molecule has 3 rings (SSSR count). The van der Waals surface area contributed by atoms with Gasteiger partial charge in [-0.3, -0.25) is 4.79 Å². The van der Waals surface area contributed by atoms with E-state index < -0.39 is 16.1 Å². The fourth-order valence-corrected chi connectivity index (χ4v) is 7.44. The van der Waals surface area contributed by atoms with Crippen LogP contribution in [0.25, 0.3) is 0 Å². The largest absolute Gasteiger partial charge is 0.301 e. The Labute approximate surface area is 169 Å². The van der Waals surface area contributed by atoms with Crippen molar-refractivity contribution in [3.63, 3.8) is 0 Å². The lowest BCUT2D eigenvalue weighted by atomic mass is 9.93. The van der Waals surface area contributed by atoms with Gasteiger partial charge in [0.25, 0.3) is 10.0 Å². The summed E-state index contributed by atoms with van der Waals surface area (Å²) >= 11 is 5.80. The minimum absolute atomic E-state index is 0.102. The van der Waals surface area contributed by atoms with Gasteiger partial charge in [0.15, 0.2) is 5.13 Å². The molecule has 10 heteroatoms. The van der Waals surface area contributed by atoms with Gasteiger partial charge in [-0.25, -0.2) is 13.4 Å². The van der Waals surface area contributed by atoms with E-state index in [1.54, 1.807) is 12.1 Å². The smallest absolute Gasteiger partial charge is 0.253 e. The monoisotopic (exact) mass is 477 g/mol. The number of hydrogen-bond acceptors (Lipinski definition) is 6. The molecule has 2 aromatic heterocycles. The van der Waals surface area contributed by atoms with E-state index in [0.717, 1.165) is 20.8 Å². The first-order valence-corrected chi connectivity index (χ1v) is 12.1. The van der Waals surface area contributed by atoms with Crippen LogP contribution in [-0.2, 0) is 20.2 Å². The normalized spacial score (nSPS) is 19.0. The second kappa shape index (κ2) is 7.31. The standard InChI is InChI=1S/C16H20BrN3O3S3/c1-16(2,3)11-9-24-15(18-11)19-14(21)10-5-4-8-20(10)26(22,23)13-7-6-12(17)25-13/h6-7,9-10H,4-5,8H2,1-3H3,(H,18,19,21). The molecule has 1 fully saturated rings. The summed E-state index contributed by atoms with van der Waals surface area (Å²) < 4.78 is 28.0. The van der Waals surface area contributed by atoms with Gasteiger partial charge in [-0.05, 0) is 40.9 Å². The third-order valence-corrected chi connectivity index (χ3v) is 8.88. The summed E-state index contributed by atoms with van der Waals surface area (Å²) in [6.07, 6.45) is 1.17. The number of carbonyl (C=O) groups excluding carboxylic acids is 1. The minimum Gasteiger partial charge on any atom is -0.301 e. The third-order valence-electron chi connectivity index (χ3n) is 4.12. The Morgan fingerprint density at radius 3 is 2.69 bits per heavy atom. The molecule has 2 aromatic rings. The van der Waals surface area contributed by atoms with Gasteiger partial charge < -0.3 is 5.32 Å². The van der Waals surface area contributed by atoms with Crippen LogP contribution in [0.5, 0.6) is 0 Å². The number of anilines is 1. The van der Waals surface area contributed by atoms with E-state index in [-0.39, 0.29) is 15.5 Å². The highest BCUT2D eigenvalue weighted by Crippen LogP contribution is 2.33. The van der Waals surface area contributed by atoms with E-state index in [1.165, 1.54) is 15.6 Å². The molecule has 1 saturated heterocycles. The molecule has 0 bridgehead atoms. The summed E-state index contributed by atoms with van der Waals surface area (Å²) in [6, 6.07) is 2.56. The van der Waals surface area contributed by atoms with Crippen molar-refractivity contribution < 1.29 is 13.2 Å².